The first-order chi connectivity index (χ1) is 32.4. The molecule has 2 amide bonds. The number of hydrogen-bond acceptors (Lipinski definition) is 10. The number of piperazine rings is 2. The number of carbonyl (C=O) groups is 4. The van der Waals surface area contributed by atoms with E-state index >= 15 is 0 Å². The standard InChI is InChI=1S/2C26H31ClFN3O3/c2*1-16-13-30(5-6-31(16)26(33)19-4-7-34-15-19)14-22-9-23(28)8-20(17(22)2)11-25(32)21-10-24(27)18(3)29-12-21/h2*8-10,12,16,19H,4-7,11,13-15H2,1-3H3/t16-,19+;16-,19-/m00/s1. The second-order valence-electron chi connectivity index (χ2n) is 18.8. The molecule has 4 atom stereocenters. The van der Waals surface area contributed by atoms with Gasteiger partial charge in [0.2, 0.25) is 11.8 Å². The fourth-order valence-corrected chi connectivity index (χ4v) is 9.91. The maximum atomic E-state index is 14.5. The van der Waals surface area contributed by atoms with E-state index in [1.807, 2.05) is 23.6 Å². The molecule has 8 rings (SSSR count). The SMILES string of the molecule is Cc1ncc(C(=O)Cc2cc(F)cc(CN3CCN(C(=O)[C@@H]4CCOC4)[C@@H](C)C3)c2C)cc1Cl.Cc1ncc(C(=O)Cc2cc(F)cc(CN3CCN(C(=O)[C@H]4CCOC4)[C@@H](C)C3)c2C)cc1Cl. The van der Waals surface area contributed by atoms with Crippen LogP contribution in [-0.2, 0) is 45.0 Å². The van der Waals surface area contributed by atoms with Gasteiger partial charge in [-0.25, -0.2) is 8.78 Å². The number of nitrogens with zero attached hydrogens (tertiary/aromatic N) is 6. The summed E-state index contributed by atoms with van der Waals surface area (Å²) in [5.74, 6) is -0.706. The van der Waals surface area contributed by atoms with Gasteiger partial charge in [-0.05, 0) is 124 Å². The summed E-state index contributed by atoms with van der Waals surface area (Å²) in [6, 6.07) is 9.35. The van der Waals surface area contributed by atoms with Crippen molar-refractivity contribution in [2.45, 2.75) is 92.4 Å². The summed E-state index contributed by atoms with van der Waals surface area (Å²) in [6.07, 6.45) is 4.78. The van der Waals surface area contributed by atoms with Crippen molar-refractivity contribution in [3.05, 3.63) is 126 Å². The van der Waals surface area contributed by atoms with Gasteiger partial charge in [0.05, 0.1) is 46.5 Å². The molecule has 364 valence electrons. The van der Waals surface area contributed by atoms with E-state index in [-0.39, 0.29) is 71.8 Å². The van der Waals surface area contributed by atoms with E-state index in [0.717, 1.165) is 61.3 Å². The van der Waals surface area contributed by atoms with Gasteiger partial charge in [0, 0.05) is 114 Å². The van der Waals surface area contributed by atoms with Crippen molar-refractivity contribution in [1.29, 1.82) is 0 Å². The Bertz CT molecular complexity index is 2350. The second-order valence-corrected chi connectivity index (χ2v) is 19.6. The van der Waals surface area contributed by atoms with Gasteiger partial charge in [-0.3, -0.25) is 38.9 Å². The van der Waals surface area contributed by atoms with E-state index in [1.54, 1.807) is 38.1 Å². The molecule has 0 radical (unpaired) electrons. The molecule has 4 aromatic rings. The Morgan fingerprint density at radius 1 is 0.603 bits per heavy atom. The number of aromatic nitrogens is 2. The molecule has 0 unspecified atom stereocenters. The molecule has 68 heavy (non-hydrogen) atoms. The van der Waals surface area contributed by atoms with E-state index in [0.29, 0.717) is 96.3 Å². The van der Waals surface area contributed by atoms with Gasteiger partial charge in [-0.15, -0.1) is 0 Å². The molecule has 0 aliphatic carbocycles. The molecule has 2 aromatic heterocycles. The first kappa shape index (κ1) is 51.2. The molecule has 4 saturated heterocycles. The lowest BCUT2D eigenvalue weighted by Gasteiger charge is -2.41. The summed E-state index contributed by atoms with van der Waals surface area (Å²) in [5, 5.41) is 0.879. The van der Waals surface area contributed by atoms with Gasteiger partial charge in [0.1, 0.15) is 11.6 Å². The molecule has 0 bridgehead atoms. The van der Waals surface area contributed by atoms with Gasteiger partial charge in [0.15, 0.2) is 11.6 Å². The summed E-state index contributed by atoms with van der Waals surface area (Å²) in [5.41, 5.74) is 7.04. The van der Waals surface area contributed by atoms with Crippen LogP contribution in [0.3, 0.4) is 0 Å². The summed E-state index contributed by atoms with van der Waals surface area (Å²) >= 11 is 12.2. The van der Waals surface area contributed by atoms with Crippen molar-refractivity contribution in [3.63, 3.8) is 0 Å². The maximum absolute atomic E-state index is 14.5. The molecule has 0 N–H and O–H groups in total. The number of benzene rings is 2. The van der Waals surface area contributed by atoms with E-state index in [1.165, 1.54) is 24.5 Å². The summed E-state index contributed by atoms with van der Waals surface area (Å²) in [6.45, 7) is 19.2. The Labute approximate surface area is 408 Å². The second kappa shape index (κ2) is 22.8. The highest BCUT2D eigenvalue weighted by Gasteiger charge is 2.35. The van der Waals surface area contributed by atoms with Crippen molar-refractivity contribution >= 4 is 46.6 Å². The fraction of sp³-hybridized carbons (Fsp3) is 0.500. The molecule has 2 aromatic carbocycles. The molecule has 0 spiro atoms. The van der Waals surface area contributed by atoms with Gasteiger partial charge < -0.3 is 19.3 Å². The largest absolute Gasteiger partial charge is 0.381 e. The van der Waals surface area contributed by atoms with Crippen molar-refractivity contribution < 1.29 is 37.4 Å². The molecule has 12 nitrogen and oxygen atoms in total. The summed E-state index contributed by atoms with van der Waals surface area (Å²) in [7, 11) is 0. The van der Waals surface area contributed by atoms with Crippen LogP contribution in [0.4, 0.5) is 8.78 Å². The van der Waals surface area contributed by atoms with Crippen LogP contribution in [0.25, 0.3) is 0 Å². The van der Waals surface area contributed by atoms with Crippen LogP contribution in [0.2, 0.25) is 10.0 Å². The van der Waals surface area contributed by atoms with E-state index in [4.69, 9.17) is 32.7 Å². The monoisotopic (exact) mass is 974 g/mol. The zero-order valence-electron chi connectivity index (χ0n) is 39.9. The third-order valence-corrected chi connectivity index (χ3v) is 14.7. The highest BCUT2D eigenvalue weighted by Crippen LogP contribution is 2.27. The third kappa shape index (κ3) is 12.5. The lowest BCUT2D eigenvalue weighted by Crippen LogP contribution is -2.55. The predicted molar refractivity (Wildman–Crippen MR) is 257 cm³/mol. The first-order valence-electron chi connectivity index (χ1n) is 23.5. The average molecular weight is 976 g/mol. The number of aryl methyl sites for hydroxylation is 2. The maximum Gasteiger partial charge on any atom is 0.228 e. The highest BCUT2D eigenvalue weighted by molar-refractivity contribution is 6.31. The Morgan fingerprint density at radius 2 is 0.985 bits per heavy atom. The van der Waals surface area contributed by atoms with Crippen molar-refractivity contribution in [1.82, 2.24) is 29.6 Å². The predicted octanol–water partition coefficient (Wildman–Crippen LogP) is 7.97. The van der Waals surface area contributed by atoms with Crippen molar-refractivity contribution in [2.24, 2.45) is 11.8 Å². The Morgan fingerprint density at radius 3 is 1.32 bits per heavy atom. The number of ether oxygens (including phenoxy) is 2. The van der Waals surface area contributed by atoms with Crippen LogP contribution in [0.15, 0.2) is 48.8 Å². The average Bonchev–Trinajstić information content (AvgIpc) is 4.05. The lowest BCUT2D eigenvalue weighted by atomic mass is 9.95. The topological polar surface area (TPSA) is 125 Å². The Balaban J connectivity index is 0.000000201. The van der Waals surface area contributed by atoms with Gasteiger partial charge in [-0.1, -0.05) is 23.2 Å². The third-order valence-electron chi connectivity index (χ3n) is 13.9. The van der Waals surface area contributed by atoms with Gasteiger partial charge in [0.25, 0.3) is 0 Å². The lowest BCUT2D eigenvalue weighted by molar-refractivity contribution is -0.141. The Kier molecular flexibility index (Phi) is 17.2. The number of ketones is 2. The number of amides is 2. The summed E-state index contributed by atoms with van der Waals surface area (Å²) in [4.78, 5) is 68.0. The van der Waals surface area contributed by atoms with Gasteiger partial charge >= 0.3 is 0 Å². The van der Waals surface area contributed by atoms with Crippen LogP contribution in [0.5, 0.6) is 0 Å². The van der Waals surface area contributed by atoms with Crippen LogP contribution in [0, 0.1) is 51.2 Å². The number of carbonyl (C=O) groups excluding carboxylic acids is 4. The molecule has 6 heterocycles. The van der Waals surface area contributed by atoms with Crippen molar-refractivity contribution in [2.75, 3.05) is 65.7 Å². The molecule has 0 saturated carbocycles. The molecule has 4 aliphatic rings. The number of Topliss-reactive ketones (excluding diaryl/α,β-unsaturated/α-hetero) is 2. The van der Waals surface area contributed by atoms with Crippen LogP contribution >= 0.6 is 23.2 Å². The first-order valence-corrected chi connectivity index (χ1v) is 24.3. The number of pyridine rings is 2. The minimum Gasteiger partial charge on any atom is -0.381 e. The minimum atomic E-state index is -0.355. The van der Waals surface area contributed by atoms with Gasteiger partial charge in [-0.2, -0.15) is 0 Å². The quantitative estimate of drug-likeness (QED) is 0.129. The molecular weight excluding hydrogens is 914 g/mol. The van der Waals surface area contributed by atoms with E-state index in [9.17, 15) is 28.0 Å². The fourth-order valence-electron chi connectivity index (χ4n) is 9.58. The smallest absolute Gasteiger partial charge is 0.228 e. The van der Waals surface area contributed by atoms with Crippen LogP contribution in [0.1, 0.15) is 92.2 Å². The normalized spacial score (nSPS) is 21.1. The minimum absolute atomic E-state index is 0.0295. The van der Waals surface area contributed by atoms with E-state index < -0.39 is 0 Å². The van der Waals surface area contributed by atoms with E-state index in [2.05, 4.69) is 33.6 Å². The Hall–Kier alpha value is -4.70. The van der Waals surface area contributed by atoms with Crippen LogP contribution in [-0.4, -0.2) is 131 Å². The molecule has 16 heteroatoms. The zero-order chi connectivity index (χ0) is 48.8. The van der Waals surface area contributed by atoms with Crippen molar-refractivity contribution in [3.8, 4) is 0 Å². The highest BCUT2D eigenvalue weighted by atomic mass is 35.5. The number of rotatable bonds is 12. The number of hydrogen-bond donors (Lipinski definition) is 0. The number of halogens is 4. The zero-order valence-corrected chi connectivity index (χ0v) is 41.4. The van der Waals surface area contributed by atoms with Crippen LogP contribution < -0.4 is 0 Å². The molecule has 4 fully saturated rings. The molecule has 4 aliphatic heterocycles. The molecular formula is C52H62Cl2F2N6O6. The summed E-state index contributed by atoms with van der Waals surface area (Å²) < 4.78 is 39.8.